The first kappa shape index (κ1) is 31.6. The van der Waals surface area contributed by atoms with E-state index in [0.717, 1.165) is 22.2 Å². The van der Waals surface area contributed by atoms with Gasteiger partial charge in [0.1, 0.15) is 17.4 Å². The van der Waals surface area contributed by atoms with Crippen LogP contribution in [0.3, 0.4) is 0 Å². The van der Waals surface area contributed by atoms with Crippen LogP contribution >= 0.6 is 15.9 Å². The van der Waals surface area contributed by atoms with E-state index in [1.165, 1.54) is 6.07 Å². The van der Waals surface area contributed by atoms with E-state index in [1.807, 2.05) is 24.3 Å². The second kappa shape index (κ2) is 14.3. The van der Waals surface area contributed by atoms with E-state index >= 15 is 0 Å². The molecule has 12 heteroatoms. The third kappa shape index (κ3) is 7.15. The Kier molecular flexibility index (Phi) is 10.1. The summed E-state index contributed by atoms with van der Waals surface area (Å²) in [6.07, 6.45) is -0.579. The summed E-state index contributed by atoms with van der Waals surface area (Å²) in [7, 11) is 0. The largest absolute Gasteiger partial charge is 0.494 e. The van der Waals surface area contributed by atoms with Gasteiger partial charge in [-0.05, 0) is 59.6 Å². The van der Waals surface area contributed by atoms with Gasteiger partial charge in [-0.15, -0.1) is 0 Å². The molecule has 0 spiro atoms. The lowest BCUT2D eigenvalue weighted by Gasteiger charge is -2.31. The monoisotopic (exact) mass is 675 g/mol. The van der Waals surface area contributed by atoms with Gasteiger partial charge >= 0.3 is 0 Å². The van der Waals surface area contributed by atoms with Gasteiger partial charge in [0.2, 0.25) is 5.90 Å². The lowest BCUT2D eigenvalue weighted by molar-refractivity contribution is -0.129. The van der Waals surface area contributed by atoms with Crippen LogP contribution in [0.25, 0.3) is 10.4 Å². The first-order valence-electron chi connectivity index (χ1n) is 14.0. The van der Waals surface area contributed by atoms with Crippen molar-refractivity contribution in [3.8, 4) is 5.75 Å². The fourth-order valence-electron chi connectivity index (χ4n) is 5.04. The highest BCUT2D eigenvalue weighted by Gasteiger charge is 2.53. The first-order valence-corrected chi connectivity index (χ1v) is 14.8. The molecule has 9 nitrogen and oxygen atoms in total. The highest BCUT2D eigenvalue weighted by molar-refractivity contribution is 9.10. The van der Waals surface area contributed by atoms with Gasteiger partial charge in [0, 0.05) is 57.8 Å². The molecule has 1 heterocycles. The minimum atomic E-state index is -1.69. The second-order valence-corrected chi connectivity index (χ2v) is 11.1. The Hall–Kier alpha value is -4.77. The van der Waals surface area contributed by atoms with Crippen LogP contribution in [0.2, 0.25) is 0 Å². The van der Waals surface area contributed by atoms with Crippen molar-refractivity contribution in [2.24, 2.45) is 10.1 Å². The van der Waals surface area contributed by atoms with Crippen LogP contribution in [-0.4, -0.2) is 35.7 Å². The van der Waals surface area contributed by atoms with Crippen LogP contribution in [0.1, 0.15) is 34.8 Å². The van der Waals surface area contributed by atoms with E-state index in [9.17, 15) is 19.1 Å². The summed E-state index contributed by atoms with van der Waals surface area (Å²) in [5.74, 6) is -1.53. The highest BCUT2D eigenvalue weighted by Crippen LogP contribution is 2.45. The molecule has 0 aromatic heterocycles. The molecule has 0 radical (unpaired) electrons. The molecule has 4 aromatic carbocycles. The summed E-state index contributed by atoms with van der Waals surface area (Å²) in [6, 6.07) is 24.4. The van der Waals surface area contributed by atoms with Crippen LogP contribution in [0.15, 0.2) is 106 Å². The van der Waals surface area contributed by atoms with Gasteiger partial charge in [-0.3, -0.25) is 4.79 Å². The molecule has 1 aliphatic rings. The summed E-state index contributed by atoms with van der Waals surface area (Å²) >= 11 is 3.43. The van der Waals surface area contributed by atoms with Crippen LogP contribution in [0.4, 0.5) is 14.5 Å². The van der Waals surface area contributed by atoms with Crippen molar-refractivity contribution >= 4 is 33.4 Å². The Balaban J connectivity index is 1.61. The number of rotatable bonds is 12. The molecule has 0 aliphatic carbocycles. The molecule has 0 fully saturated rings. The van der Waals surface area contributed by atoms with E-state index in [-0.39, 0.29) is 30.2 Å². The number of aliphatic hydroxyl groups is 1. The Bertz CT molecular complexity index is 1730. The van der Waals surface area contributed by atoms with Crippen molar-refractivity contribution in [1.29, 1.82) is 0 Å². The number of nitrogens with one attached hydrogen (secondary N) is 1. The van der Waals surface area contributed by atoms with Crippen molar-refractivity contribution in [3.63, 3.8) is 0 Å². The molecule has 1 amide bonds. The normalized spacial score (nSPS) is 17.2. The molecule has 0 bridgehead atoms. The van der Waals surface area contributed by atoms with Crippen LogP contribution in [-0.2, 0) is 22.5 Å². The number of nitrogens with zero attached hydrogens (tertiary/aromatic N) is 4. The molecular weight excluding hydrogens is 648 g/mol. The van der Waals surface area contributed by atoms with Gasteiger partial charge in [0.25, 0.3) is 5.91 Å². The highest BCUT2D eigenvalue weighted by atomic mass is 79.9. The van der Waals surface area contributed by atoms with Gasteiger partial charge in [-0.1, -0.05) is 63.5 Å². The molecule has 5 rings (SSSR count). The molecule has 0 saturated heterocycles. The molecule has 45 heavy (non-hydrogen) atoms. The maximum absolute atomic E-state index is 14.5. The molecular formula is C33H28BrF2N5O4. The number of benzene rings is 4. The number of halogens is 3. The van der Waals surface area contributed by atoms with Crippen molar-refractivity contribution < 1.29 is 28.2 Å². The fraction of sp³-hybridized carbons (Fsp3) is 0.212. The zero-order chi connectivity index (χ0) is 31.8. The number of carbonyl (C=O) groups excluding carboxylic acids is 1. The van der Waals surface area contributed by atoms with Crippen LogP contribution in [0, 0.1) is 11.6 Å². The van der Waals surface area contributed by atoms with Crippen LogP contribution < -0.4 is 10.1 Å². The third-order valence-electron chi connectivity index (χ3n) is 7.28. The number of carbonyl (C=O) groups is 1. The minimum absolute atomic E-state index is 0.00745. The number of aliphatic imine (C=N–C) groups is 1. The zero-order valence-electron chi connectivity index (χ0n) is 23.9. The Morgan fingerprint density at radius 2 is 1.76 bits per heavy atom. The third-order valence-corrected chi connectivity index (χ3v) is 7.80. The lowest BCUT2D eigenvalue weighted by Crippen LogP contribution is -2.49. The number of hydrogen-bond donors (Lipinski definition) is 2. The maximum Gasteiger partial charge on any atom is 0.252 e. The summed E-state index contributed by atoms with van der Waals surface area (Å²) in [4.78, 5) is 22.2. The molecule has 4 aromatic rings. The quantitative estimate of drug-likeness (QED) is 0.0709. The zero-order valence-corrected chi connectivity index (χ0v) is 25.5. The topological polar surface area (TPSA) is 129 Å². The number of aliphatic hydroxyl groups excluding tert-OH is 1. The number of ether oxygens (including phenoxy) is 2. The molecule has 0 saturated carbocycles. The predicted molar refractivity (Wildman–Crippen MR) is 168 cm³/mol. The standard InChI is InChI=1S/C33H28BrF2N5O4/c34-23-13-9-21(10-14-23)19-33(32(43)38-20-26-27(35)6-3-7-28(26)36)30(25-5-1-2-8-29(25)40-41-37)45-31(39-33)22-11-15-24(16-12-22)44-18-4-17-42/h1-3,5-16,30,42H,4,17-20H2,(H,38,43)/t30-,33-/m1/s1. The number of hydrogen-bond acceptors (Lipinski definition) is 6. The van der Waals surface area contributed by atoms with E-state index < -0.39 is 35.7 Å². The van der Waals surface area contributed by atoms with E-state index in [1.54, 1.807) is 48.5 Å². The van der Waals surface area contributed by atoms with Gasteiger partial charge in [0.05, 0.1) is 6.61 Å². The average Bonchev–Trinajstić information content (AvgIpc) is 3.43. The van der Waals surface area contributed by atoms with Crippen molar-refractivity contribution in [2.75, 3.05) is 13.2 Å². The average molecular weight is 677 g/mol. The smallest absolute Gasteiger partial charge is 0.252 e. The Labute approximate surface area is 266 Å². The van der Waals surface area contributed by atoms with Gasteiger partial charge < -0.3 is 19.9 Å². The number of azide groups is 1. The summed E-state index contributed by atoms with van der Waals surface area (Å²) in [5.41, 5.74) is 9.22. The second-order valence-electron chi connectivity index (χ2n) is 10.2. The predicted octanol–water partition coefficient (Wildman–Crippen LogP) is 7.25. The molecule has 230 valence electrons. The number of amides is 1. The van der Waals surface area contributed by atoms with Crippen LogP contribution in [0.5, 0.6) is 5.75 Å². The molecule has 0 unspecified atom stereocenters. The Morgan fingerprint density at radius 3 is 2.44 bits per heavy atom. The van der Waals surface area contributed by atoms with Gasteiger partial charge in [0.15, 0.2) is 11.6 Å². The van der Waals surface area contributed by atoms with E-state index in [2.05, 4.69) is 31.3 Å². The van der Waals surface area contributed by atoms with Crippen molar-refractivity contribution in [1.82, 2.24) is 5.32 Å². The summed E-state index contributed by atoms with van der Waals surface area (Å²) < 4.78 is 42.0. The lowest BCUT2D eigenvalue weighted by atomic mass is 9.81. The minimum Gasteiger partial charge on any atom is -0.494 e. The van der Waals surface area contributed by atoms with Gasteiger partial charge in [-0.25, -0.2) is 13.8 Å². The molecule has 2 atom stereocenters. The summed E-state index contributed by atoms with van der Waals surface area (Å²) in [5, 5.41) is 15.6. The molecule has 2 N–H and O–H groups in total. The van der Waals surface area contributed by atoms with E-state index in [0.29, 0.717) is 29.9 Å². The molecule has 1 aliphatic heterocycles. The van der Waals surface area contributed by atoms with Crippen molar-refractivity contribution in [3.05, 3.63) is 140 Å². The van der Waals surface area contributed by atoms with Crippen molar-refractivity contribution in [2.45, 2.75) is 31.0 Å². The SMILES string of the molecule is [N-]=[N+]=Nc1ccccc1[C@H]1OC(c2ccc(OCCCO)cc2)=N[C@@]1(Cc1ccc(Br)cc1)C(=O)NCc1c(F)cccc1F. The van der Waals surface area contributed by atoms with Gasteiger partial charge in [-0.2, -0.15) is 0 Å². The Morgan fingerprint density at radius 1 is 1.04 bits per heavy atom. The first-order chi connectivity index (χ1) is 21.8. The fourth-order valence-corrected chi connectivity index (χ4v) is 5.31. The maximum atomic E-state index is 14.5. The van der Waals surface area contributed by atoms with E-state index in [4.69, 9.17) is 19.6 Å². The summed E-state index contributed by atoms with van der Waals surface area (Å²) in [6.45, 7) is -0.0903.